The van der Waals surface area contributed by atoms with Crippen LogP contribution in [-0.4, -0.2) is 19.3 Å². The van der Waals surface area contributed by atoms with Crippen molar-refractivity contribution in [2.75, 3.05) is 13.2 Å². The summed E-state index contributed by atoms with van der Waals surface area (Å²) >= 11 is 0. The fourth-order valence-electron chi connectivity index (χ4n) is 2.42. The van der Waals surface area contributed by atoms with Gasteiger partial charge in [0.05, 0.1) is 12.1 Å². The van der Waals surface area contributed by atoms with Gasteiger partial charge in [-0.15, -0.1) is 0 Å². The van der Waals surface area contributed by atoms with Crippen molar-refractivity contribution in [2.24, 2.45) is 5.92 Å². The first-order valence-corrected chi connectivity index (χ1v) is 7.02. The molecule has 2 atom stereocenters. The maximum Gasteiger partial charge on any atom is 0.0792 e. The minimum atomic E-state index is 0.219. The molecule has 0 spiro atoms. The lowest BCUT2D eigenvalue weighted by Gasteiger charge is -2.32. The monoisotopic (exact) mass is 249 g/mol. The van der Waals surface area contributed by atoms with E-state index in [2.05, 4.69) is 64.2 Å². The maximum absolute atomic E-state index is 5.97. The van der Waals surface area contributed by atoms with E-state index in [9.17, 15) is 0 Å². The van der Waals surface area contributed by atoms with Crippen molar-refractivity contribution in [3.05, 3.63) is 35.4 Å². The molecule has 0 aliphatic carbocycles. The first-order chi connectivity index (χ1) is 8.61. The smallest absolute Gasteiger partial charge is 0.0792 e. The van der Waals surface area contributed by atoms with Crippen molar-refractivity contribution in [2.45, 2.75) is 46.8 Å². The highest BCUT2D eigenvalue weighted by Crippen LogP contribution is 2.27. The third kappa shape index (κ3) is 3.82. The number of benzene rings is 1. The van der Waals surface area contributed by atoms with Crippen LogP contribution in [0.25, 0.3) is 0 Å². The minimum Gasteiger partial charge on any atom is -0.376 e. The van der Waals surface area contributed by atoms with Crippen LogP contribution < -0.4 is 5.32 Å². The second kappa shape index (κ2) is 7.55. The van der Waals surface area contributed by atoms with Gasteiger partial charge in [0.15, 0.2) is 0 Å². The molecule has 1 aromatic carbocycles. The van der Waals surface area contributed by atoms with Crippen molar-refractivity contribution in [1.29, 1.82) is 0 Å². The molecule has 0 heterocycles. The molecule has 0 saturated heterocycles. The lowest BCUT2D eigenvalue weighted by molar-refractivity contribution is 0.00303. The van der Waals surface area contributed by atoms with Crippen molar-refractivity contribution < 1.29 is 4.74 Å². The average molecular weight is 249 g/mol. The third-order valence-electron chi connectivity index (χ3n) is 3.29. The third-order valence-corrected chi connectivity index (χ3v) is 3.29. The Morgan fingerprint density at radius 3 is 2.33 bits per heavy atom. The van der Waals surface area contributed by atoms with Gasteiger partial charge in [0.2, 0.25) is 0 Å². The Morgan fingerprint density at radius 2 is 1.83 bits per heavy atom. The van der Waals surface area contributed by atoms with E-state index in [0.717, 1.165) is 13.2 Å². The summed E-state index contributed by atoms with van der Waals surface area (Å²) in [4.78, 5) is 0. The molecule has 2 heteroatoms. The average Bonchev–Trinajstić information content (AvgIpc) is 2.34. The van der Waals surface area contributed by atoms with Crippen LogP contribution in [0.2, 0.25) is 0 Å². The molecule has 0 saturated carbocycles. The summed E-state index contributed by atoms with van der Waals surface area (Å²) in [6, 6.07) is 8.85. The highest BCUT2D eigenvalue weighted by atomic mass is 16.5. The molecule has 1 aromatic rings. The molecule has 0 aromatic heterocycles. The molecule has 0 aliphatic heterocycles. The number of hydrogen-bond donors (Lipinski definition) is 1. The molecule has 18 heavy (non-hydrogen) atoms. The number of hydrogen-bond acceptors (Lipinski definition) is 2. The first-order valence-electron chi connectivity index (χ1n) is 7.02. The minimum absolute atomic E-state index is 0.219. The van der Waals surface area contributed by atoms with Gasteiger partial charge in [-0.25, -0.2) is 0 Å². The van der Waals surface area contributed by atoms with Crippen molar-refractivity contribution in [3.63, 3.8) is 0 Å². The second-order valence-electron chi connectivity index (χ2n) is 5.06. The van der Waals surface area contributed by atoms with E-state index in [1.165, 1.54) is 11.1 Å². The Morgan fingerprint density at radius 1 is 1.17 bits per heavy atom. The lowest BCUT2D eigenvalue weighted by Crippen LogP contribution is -2.37. The quantitative estimate of drug-likeness (QED) is 0.795. The number of rotatable bonds is 7. The van der Waals surface area contributed by atoms with Crippen molar-refractivity contribution in [3.8, 4) is 0 Å². The van der Waals surface area contributed by atoms with Crippen LogP contribution in [0.1, 0.15) is 44.9 Å². The number of aryl methyl sites for hydroxylation is 1. The number of nitrogens with one attached hydrogen (secondary N) is 1. The number of ether oxygens (including phenoxy) is 1. The van der Waals surface area contributed by atoms with E-state index in [1.807, 2.05) is 0 Å². The zero-order valence-corrected chi connectivity index (χ0v) is 12.4. The summed E-state index contributed by atoms with van der Waals surface area (Å²) in [6.07, 6.45) is 0.219. The molecule has 2 nitrogen and oxygen atoms in total. The summed E-state index contributed by atoms with van der Waals surface area (Å²) < 4.78 is 5.97. The van der Waals surface area contributed by atoms with Gasteiger partial charge in [-0.2, -0.15) is 0 Å². The molecule has 1 N–H and O–H groups in total. The molecule has 102 valence electrons. The Bertz CT molecular complexity index is 349. The molecule has 0 bridgehead atoms. The van der Waals surface area contributed by atoms with Crippen molar-refractivity contribution >= 4 is 0 Å². The van der Waals surface area contributed by atoms with E-state index >= 15 is 0 Å². The van der Waals surface area contributed by atoms with E-state index in [-0.39, 0.29) is 12.1 Å². The van der Waals surface area contributed by atoms with E-state index in [4.69, 9.17) is 4.74 Å². The normalized spacial score (nSPS) is 14.8. The molecule has 0 aliphatic rings. The zero-order chi connectivity index (χ0) is 13.5. The van der Waals surface area contributed by atoms with Gasteiger partial charge >= 0.3 is 0 Å². The Balaban J connectivity index is 3.03. The summed E-state index contributed by atoms with van der Waals surface area (Å²) in [5.41, 5.74) is 2.68. The van der Waals surface area contributed by atoms with Crippen LogP contribution in [-0.2, 0) is 4.74 Å². The van der Waals surface area contributed by atoms with Gasteiger partial charge in [-0.1, -0.05) is 45.0 Å². The fraction of sp³-hybridized carbons (Fsp3) is 0.625. The first kappa shape index (κ1) is 15.2. The van der Waals surface area contributed by atoms with Crippen LogP contribution in [0.15, 0.2) is 24.3 Å². The molecular formula is C16H27NO. The highest BCUT2D eigenvalue weighted by Gasteiger charge is 2.26. The second-order valence-corrected chi connectivity index (χ2v) is 5.06. The Kier molecular flexibility index (Phi) is 6.37. The molecule has 2 unspecified atom stereocenters. The maximum atomic E-state index is 5.97. The van der Waals surface area contributed by atoms with Crippen LogP contribution in [0.5, 0.6) is 0 Å². The van der Waals surface area contributed by atoms with Gasteiger partial charge in [-0.05, 0) is 37.4 Å². The molecular weight excluding hydrogens is 222 g/mol. The lowest BCUT2D eigenvalue weighted by atomic mass is 9.91. The largest absolute Gasteiger partial charge is 0.376 e. The number of likely N-dealkylation sites (N-methyl/N-ethyl adjacent to an activating group) is 1. The highest BCUT2D eigenvalue weighted by molar-refractivity contribution is 5.29. The predicted molar refractivity (Wildman–Crippen MR) is 77.8 cm³/mol. The molecule has 0 fully saturated rings. The van der Waals surface area contributed by atoms with E-state index < -0.39 is 0 Å². The van der Waals surface area contributed by atoms with Gasteiger partial charge in [0.25, 0.3) is 0 Å². The molecule has 1 rings (SSSR count). The summed E-state index contributed by atoms with van der Waals surface area (Å²) in [7, 11) is 0. The molecule has 0 radical (unpaired) electrons. The van der Waals surface area contributed by atoms with Crippen LogP contribution >= 0.6 is 0 Å². The summed E-state index contributed by atoms with van der Waals surface area (Å²) in [6.45, 7) is 12.5. The fourth-order valence-corrected chi connectivity index (χ4v) is 2.42. The van der Waals surface area contributed by atoms with Gasteiger partial charge in [0, 0.05) is 6.61 Å². The Labute approximate surface area is 112 Å². The Hall–Kier alpha value is -0.860. The predicted octanol–water partition coefficient (Wildman–Crippen LogP) is 3.71. The zero-order valence-electron chi connectivity index (χ0n) is 12.4. The van der Waals surface area contributed by atoms with Gasteiger partial charge < -0.3 is 10.1 Å². The topological polar surface area (TPSA) is 21.3 Å². The molecule has 0 amide bonds. The van der Waals surface area contributed by atoms with Crippen LogP contribution in [0.3, 0.4) is 0 Å². The van der Waals surface area contributed by atoms with Gasteiger partial charge in [-0.3, -0.25) is 0 Å². The summed E-state index contributed by atoms with van der Waals surface area (Å²) in [5, 5.41) is 3.58. The van der Waals surface area contributed by atoms with Crippen LogP contribution in [0, 0.1) is 12.8 Å². The SMILES string of the molecule is CCNC(c1ccccc1C)C(OCC)C(C)C. The van der Waals surface area contributed by atoms with Crippen molar-refractivity contribution in [1.82, 2.24) is 5.32 Å². The standard InChI is InChI=1S/C16H27NO/c1-6-17-15(16(12(3)4)18-7-2)14-11-9-8-10-13(14)5/h8-12,15-17H,6-7H2,1-5H3. The summed E-state index contributed by atoms with van der Waals surface area (Å²) in [5.74, 6) is 0.494. The van der Waals surface area contributed by atoms with E-state index in [1.54, 1.807) is 0 Å². The van der Waals surface area contributed by atoms with Crippen LogP contribution in [0.4, 0.5) is 0 Å². The van der Waals surface area contributed by atoms with Gasteiger partial charge in [0.1, 0.15) is 0 Å². The van der Waals surface area contributed by atoms with E-state index in [0.29, 0.717) is 5.92 Å².